The number of hydrogen-bond acceptors (Lipinski definition) is 4. The van der Waals surface area contributed by atoms with E-state index >= 15 is 0 Å². The number of rotatable bonds is 2. The number of nitrogens with zero attached hydrogens (tertiary/aromatic N) is 3. The Bertz CT molecular complexity index is 320. The summed E-state index contributed by atoms with van der Waals surface area (Å²) in [6.07, 6.45) is 1.51. The summed E-state index contributed by atoms with van der Waals surface area (Å²) in [5, 5.41) is 7.88. The molecule has 13 heavy (non-hydrogen) atoms. The molecule has 0 aromatic heterocycles. The van der Waals surface area contributed by atoms with Crippen LogP contribution < -0.4 is 0 Å². The van der Waals surface area contributed by atoms with Gasteiger partial charge in [0.2, 0.25) is 10.0 Å². The lowest BCUT2D eigenvalue weighted by molar-refractivity contribution is 0.295. The van der Waals surface area contributed by atoms with Crippen LogP contribution in [0.2, 0.25) is 0 Å². The molecule has 0 atom stereocenters. The van der Waals surface area contributed by atoms with Crippen molar-refractivity contribution in [3.8, 4) is 0 Å². The summed E-state index contributed by atoms with van der Waals surface area (Å²) in [7, 11) is -2.99. The average Bonchev–Trinajstić information content (AvgIpc) is 2.86. The Labute approximate surface area is 77.9 Å². The minimum Gasteiger partial charge on any atom is -0.212 e. The van der Waals surface area contributed by atoms with E-state index in [0.29, 0.717) is 13.1 Å². The fourth-order valence-corrected chi connectivity index (χ4v) is 2.68. The molecule has 1 fully saturated rings. The molecule has 2 rings (SSSR count). The molecule has 1 saturated heterocycles. The van der Waals surface area contributed by atoms with Gasteiger partial charge in [-0.05, 0) is 6.92 Å². The zero-order valence-electron chi connectivity index (χ0n) is 7.60. The standard InChI is InChI=1S/C7H13N3O2S/c1-2-13(11,12)10-5-3-7(4-6-10)8-9-7/h2-6H2,1H3. The highest BCUT2D eigenvalue weighted by Gasteiger charge is 2.44. The molecule has 0 aromatic carbocycles. The molecule has 1 spiro atoms. The molecule has 2 heterocycles. The van der Waals surface area contributed by atoms with Crippen LogP contribution in [0.5, 0.6) is 0 Å². The van der Waals surface area contributed by atoms with Crippen LogP contribution in [-0.2, 0) is 10.0 Å². The zero-order chi connectivity index (χ0) is 9.53. The summed E-state index contributed by atoms with van der Waals surface area (Å²) < 4.78 is 24.4. The van der Waals surface area contributed by atoms with Crippen LogP contribution in [0.1, 0.15) is 19.8 Å². The van der Waals surface area contributed by atoms with Gasteiger partial charge in [0.25, 0.3) is 0 Å². The highest BCUT2D eigenvalue weighted by Crippen LogP contribution is 2.38. The summed E-state index contributed by atoms with van der Waals surface area (Å²) in [6.45, 7) is 2.82. The topological polar surface area (TPSA) is 62.1 Å². The first-order valence-corrected chi connectivity index (χ1v) is 6.11. The average molecular weight is 203 g/mol. The number of sulfonamides is 1. The highest BCUT2D eigenvalue weighted by atomic mass is 32.2. The largest absolute Gasteiger partial charge is 0.213 e. The van der Waals surface area contributed by atoms with E-state index < -0.39 is 10.0 Å². The lowest BCUT2D eigenvalue weighted by Crippen LogP contribution is -2.42. The maximum atomic E-state index is 11.5. The van der Waals surface area contributed by atoms with E-state index in [-0.39, 0.29) is 11.4 Å². The molecule has 0 unspecified atom stereocenters. The van der Waals surface area contributed by atoms with Gasteiger partial charge >= 0.3 is 0 Å². The van der Waals surface area contributed by atoms with Crippen molar-refractivity contribution < 1.29 is 8.42 Å². The van der Waals surface area contributed by atoms with E-state index in [2.05, 4.69) is 10.2 Å². The van der Waals surface area contributed by atoms with Gasteiger partial charge < -0.3 is 0 Å². The molecule has 0 radical (unpaired) electrons. The van der Waals surface area contributed by atoms with E-state index in [1.807, 2.05) is 0 Å². The molecule has 0 N–H and O–H groups in total. The van der Waals surface area contributed by atoms with Gasteiger partial charge in [-0.2, -0.15) is 10.2 Å². The molecule has 5 nitrogen and oxygen atoms in total. The van der Waals surface area contributed by atoms with E-state index in [4.69, 9.17) is 0 Å². The number of piperidine rings is 1. The Hall–Kier alpha value is -0.490. The van der Waals surface area contributed by atoms with Gasteiger partial charge in [0.05, 0.1) is 5.75 Å². The molecule has 0 saturated carbocycles. The van der Waals surface area contributed by atoms with Crippen LogP contribution in [0.4, 0.5) is 0 Å². The highest BCUT2D eigenvalue weighted by molar-refractivity contribution is 7.89. The van der Waals surface area contributed by atoms with Crippen molar-refractivity contribution in [1.29, 1.82) is 0 Å². The fourth-order valence-electron chi connectivity index (χ4n) is 1.58. The molecular weight excluding hydrogens is 190 g/mol. The van der Waals surface area contributed by atoms with Crippen molar-refractivity contribution in [1.82, 2.24) is 4.31 Å². The summed E-state index contributed by atoms with van der Waals surface area (Å²) in [6, 6.07) is 0. The Kier molecular flexibility index (Phi) is 1.92. The molecule has 0 aliphatic carbocycles. The van der Waals surface area contributed by atoms with E-state index in [1.54, 1.807) is 11.2 Å². The van der Waals surface area contributed by atoms with Crippen molar-refractivity contribution in [2.24, 2.45) is 10.2 Å². The maximum absolute atomic E-state index is 11.5. The van der Waals surface area contributed by atoms with Crippen molar-refractivity contribution >= 4 is 10.0 Å². The van der Waals surface area contributed by atoms with Gasteiger partial charge in [-0.15, -0.1) is 0 Å². The van der Waals surface area contributed by atoms with Crippen molar-refractivity contribution in [2.45, 2.75) is 25.4 Å². The van der Waals surface area contributed by atoms with Crippen LogP contribution >= 0.6 is 0 Å². The van der Waals surface area contributed by atoms with Gasteiger partial charge in [0, 0.05) is 25.9 Å². The second kappa shape index (κ2) is 2.75. The second-order valence-corrected chi connectivity index (χ2v) is 5.74. The summed E-state index contributed by atoms with van der Waals surface area (Å²) in [4.78, 5) is 0. The van der Waals surface area contributed by atoms with Gasteiger partial charge in [0.15, 0.2) is 5.66 Å². The van der Waals surface area contributed by atoms with Crippen LogP contribution in [0.25, 0.3) is 0 Å². The van der Waals surface area contributed by atoms with E-state index in [0.717, 1.165) is 12.8 Å². The van der Waals surface area contributed by atoms with Gasteiger partial charge in [-0.25, -0.2) is 12.7 Å². The SMILES string of the molecule is CCS(=O)(=O)N1CCC2(CC1)N=N2. The Balaban J connectivity index is 1.98. The predicted molar refractivity (Wildman–Crippen MR) is 47.9 cm³/mol. The number of hydrogen-bond donors (Lipinski definition) is 0. The fraction of sp³-hybridized carbons (Fsp3) is 1.00. The van der Waals surface area contributed by atoms with Gasteiger partial charge in [-0.1, -0.05) is 0 Å². The smallest absolute Gasteiger partial charge is 0.212 e. The quantitative estimate of drug-likeness (QED) is 0.659. The van der Waals surface area contributed by atoms with Crippen molar-refractivity contribution in [2.75, 3.05) is 18.8 Å². The third-order valence-electron chi connectivity index (χ3n) is 2.66. The third-order valence-corrected chi connectivity index (χ3v) is 4.55. The molecule has 2 aliphatic heterocycles. The maximum Gasteiger partial charge on any atom is 0.213 e. The van der Waals surface area contributed by atoms with E-state index in [1.165, 1.54) is 0 Å². The van der Waals surface area contributed by atoms with Crippen LogP contribution in [0.15, 0.2) is 10.2 Å². The van der Waals surface area contributed by atoms with Crippen molar-refractivity contribution in [3.63, 3.8) is 0 Å². The molecule has 74 valence electrons. The summed E-state index contributed by atoms with van der Waals surface area (Å²) in [5.74, 6) is 0.189. The molecular formula is C7H13N3O2S. The normalized spacial score (nSPS) is 26.5. The third kappa shape index (κ3) is 1.60. The molecule has 2 aliphatic rings. The lowest BCUT2D eigenvalue weighted by atomic mass is 10.0. The predicted octanol–water partition coefficient (Wildman–Crippen LogP) is 0.594. The minimum absolute atomic E-state index is 0.181. The van der Waals surface area contributed by atoms with Gasteiger partial charge in [-0.3, -0.25) is 0 Å². The van der Waals surface area contributed by atoms with Crippen LogP contribution in [-0.4, -0.2) is 37.2 Å². The van der Waals surface area contributed by atoms with Crippen LogP contribution in [0.3, 0.4) is 0 Å². The molecule has 0 aromatic rings. The Morgan fingerprint density at radius 3 is 2.23 bits per heavy atom. The Morgan fingerprint density at radius 2 is 1.85 bits per heavy atom. The first-order valence-electron chi connectivity index (χ1n) is 4.50. The molecule has 0 amide bonds. The molecule has 0 bridgehead atoms. The van der Waals surface area contributed by atoms with Gasteiger partial charge in [0.1, 0.15) is 0 Å². The first kappa shape index (κ1) is 9.08. The van der Waals surface area contributed by atoms with Crippen molar-refractivity contribution in [3.05, 3.63) is 0 Å². The Morgan fingerprint density at radius 1 is 1.31 bits per heavy atom. The lowest BCUT2D eigenvalue weighted by Gasteiger charge is -2.28. The summed E-state index contributed by atoms with van der Waals surface area (Å²) >= 11 is 0. The van der Waals surface area contributed by atoms with E-state index in [9.17, 15) is 8.42 Å². The summed E-state index contributed by atoms with van der Waals surface area (Å²) in [5.41, 5.74) is -0.181. The zero-order valence-corrected chi connectivity index (χ0v) is 8.42. The minimum atomic E-state index is -2.99. The second-order valence-electron chi connectivity index (χ2n) is 3.48. The molecule has 6 heteroatoms. The monoisotopic (exact) mass is 203 g/mol. The van der Waals surface area contributed by atoms with Crippen LogP contribution in [0, 0.1) is 0 Å². The first-order chi connectivity index (χ1) is 6.08.